The molecule has 29 heavy (non-hydrogen) atoms. The number of nitrogens with zero attached hydrogens (tertiary/aromatic N) is 3. The number of aromatic nitrogens is 2. The average Bonchev–Trinajstić information content (AvgIpc) is 3.17. The van der Waals surface area contributed by atoms with E-state index in [0.717, 1.165) is 15.0 Å². The number of amides is 1. The molecule has 0 aliphatic rings. The Morgan fingerprint density at radius 2 is 1.62 bits per heavy atom. The standard InChI is InChI=1S/C22H26N4OS2/c1-22(2,3)26(15-18-12-8-5-9-13-18)19(27)16-28-21-25-24-20(29-21)23-14-17-10-6-4-7-11-17/h4-13H,14-16H2,1-3H3,(H,23,24). The lowest BCUT2D eigenvalue weighted by molar-refractivity contribution is -0.133. The number of carbonyl (C=O) groups is 1. The van der Waals surface area contributed by atoms with E-state index in [9.17, 15) is 4.79 Å². The van der Waals surface area contributed by atoms with Gasteiger partial charge in [-0.05, 0) is 31.9 Å². The minimum absolute atomic E-state index is 0.0975. The molecule has 1 aromatic heterocycles. The van der Waals surface area contributed by atoms with Crippen molar-refractivity contribution in [1.29, 1.82) is 0 Å². The predicted molar refractivity (Wildman–Crippen MR) is 121 cm³/mol. The summed E-state index contributed by atoms with van der Waals surface area (Å²) in [5.41, 5.74) is 2.06. The number of nitrogens with one attached hydrogen (secondary N) is 1. The molecule has 5 nitrogen and oxygen atoms in total. The van der Waals surface area contributed by atoms with Crippen LogP contribution in [0.5, 0.6) is 0 Å². The van der Waals surface area contributed by atoms with Crippen molar-refractivity contribution in [3.05, 3.63) is 71.8 Å². The van der Waals surface area contributed by atoms with Crippen molar-refractivity contribution in [3.8, 4) is 0 Å². The maximum absolute atomic E-state index is 12.9. The molecule has 0 fully saturated rings. The van der Waals surface area contributed by atoms with E-state index in [0.29, 0.717) is 18.8 Å². The molecule has 0 aliphatic heterocycles. The van der Waals surface area contributed by atoms with Gasteiger partial charge in [-0.1, -0.05) is 83.8 Å². The highest BCUT2D eigenvalue weighted by Gasteiger charge is 2.26. The molecule has 0 unspecified atom stereocenters. The molecule has 0 bridgehead atoms. The van der Waals surface area contributed by atoms with Crippen LogP contribution in [0.4, 0.5) is 5.13 Å². The molecule has 7 heteroatoms. The van der Waals surface area contributed by atoms with Crippen molar-refractivity contribution < 1.29 is 4.79 Å². The number of anilines is 1. The fraction of sp³-hybridized carbons (Fsp3) is 0.318. The first-order chi connectivity index (χ1) is 13.9. The molecule has 1 heterocycles. The zero-order valence-electron chi connectivity index (χ0n) is 17.0. The van der Waals surface area contributed by atoms with E-state index in [2.05, 4.69) is 60.6 Å². The van der Waals surface area contributed by atoms with Gasteiger partial charge in [-0.15, -0.1) is 10.2 Å². The third kappa shape index (κ3) is 6.58. The van der Waals surface area contributed by atoms with Gasteiger partial charge in [0, 0.05) is 18.6 Å². The van der Waals surface area contributed by atoms with Gasteiger partial charge in [0.1, 0.15) is 0 Å². The normalized spacial score (nSPS) is 11.3. The Morgan fingerprint density at radius 3 is 2.24 bits per heavy atom. The molecule has 0 saturated heterocycles. The van der Waals surface area contributed by atoms with Crippen molar-refractivity contribution >= 4 is 34.1 Å². The molecule has 3 rings (SSSR count). The van der Waals surface area contributed by atoms with E-state index in [4.69, 9.17) is 0 Å². The number of benzene rings is 2. The van der Waals surface area contributed by atoms with E-state index in [1.54, 1.807) is 0 Å². The number of thioether (sulfide) groups is 1. The van der Waals surface area contributed by atoms with Gasteiger partial charge in [-0.3, -0.25) is 4.79 Å². The highest BCUT2D eigenvalue weighted by Crippen LogP contribution is 2.27. The second kappa shape index (κ2) is 9.89. The summed E-state index contributed by atoms with van der Waals surface area (Å²) in [6.07, 6.45) is 0. The molecule has 0 atom stereocenters. The molecule has 0 spiro atoms. The lowest BCUT2D eigenvalue weighted by Crippen LogP contribution is -2.45. The van der Waals surface area contributed by atoms with Crippen LogP contribution in [-0.4, -0.2) is 32.3 Å². The molecule has 0 aliphatic carbocycles. The Labute approximate surface area is 180 Å². The van der Waals surface area contributed by atoms with Gasteiger partial charge in [-0.2, -0.15) is 0 Å². The second-order valence-electron chi connectivity index (χ2n) is 7.64. The summed E-state index contributed by atoms with van der Waals surface area (Å²) >= 11 is 2.92. The highest BCUT2D eigenvalue weighted by molar-refractivity contribution is 8.01. The van der Waals surface area contributed by atoms with Crippen molar-refractivity contribution in [1.82, 2.24) is 15.1 Å². The first-order valence-electron chi connectivity index (χ1n) is 9.50. The van der Waals surface area contributed by atoms with Crippen molar-refractivity contribution in [2.45, 2.75) is 43.7 Å². The van der Waals surface area contributed by atoms with Gasteiger partial charge in [-0.25, -0.2) is 0 Å². The molecule has 3 aromatic rings. The molecule has 152 valence electrons. The number of hydrogen-bond donors (Lipinski definition) is 1. The molecule has 1 amide bonds. The maximum Gasteiger partial charge on any atom is 0.233 e. The monoisotopic (exact) mass is 426 g/mol. The number of rotatable bonds is 8. The summed E-state index contributed by atoms with van der Waals surface area (Å²) in [7, 11) is 0. The summed E-state index contributed by atoms with van der Waals surface area (Å²) < 4.78 is 0.794. The summed E-state index contributed by atoms with van der Waals surface area (Å²) in [5.74, 6) is 0.442. The zero-order chi connectivity index (χ0) is 20.7. The van der Waals surface area contributed by atoms with E-state index >= 15 is 0 Å². The number of hydrogen-bond acceptors (Lipinski definition) is 6. The SMILES string of the molecule is CC(C)(C)N(Cc1ccccc1)C(=O)CSc1nnc(NCc2ccccc2)s1. The second-order valence-corrected chi connectivity index (χ2v) is 9.84. The van der Waals surface area contributed by atoms with Gasteiger partial charge in [0.15, 0.2) is 4.34 Å². The molecular weight excluding hydrogens is 400 g/mol. The van der Waals surface area contributed by atoms with Gasteiger partial charge in [0.25, 0.3) is 0 Å². The lowest BCUT2D eigenvalue weighted by Gasteiger charge is -2.36. The van der Waals surface area contributed by atoms with Crippen LogP contribution < -0.4 is 5.32 Å². The Bertz CT molecular complexity index is 907. The smallest absolute Gasteiger partial charge is 0.233 e. The van der Waals surface area contributed by atoms with E-state index in [1.807, 2.05) is 41.3 Å². The van der Waals surface area contributed by atoms with Crippen LogP contribution >= 0.6 is 23.1 Å². The third-order valence-corrected chi connectivity index (χ3v) is 6.31. The molecule has 0 saturated carbocycles. The summed E-state index contributed by atoms with van der Waals surface area (Å²) in [6, 6.07) is 20.2. The Hall–Kier alpha value is -2.38. The zero-order valence-corrected chi connectivity index (χ0v) is 18.6. The van der Waals surface area contributed by atoms with E-state index < -0.39 is 0 Å². The van der Waals surface area contributed by atoms with Crippen LogP contribution in [0.3, 0.4) is 0 Å². The molecule has 0 radical (unpaired) electrons. The van der Waals surface area contributed by atoms with Crippen molar-refractivity contribution in [3.63, 3.8) is 0 Å². The van der Waals surface area contributed by atoms with Crippen molar-refractivity contribution in [2.75, 3.05) is 11.1 Å². The fourth-order valence-electron chi connectivity index (χ4n) is 2.78. The van der Waals surface area contributed by atoms with Gasteiger partial charge in [0.2, 0.25) is 11.0 Å². The Balaban J connectivity index is 1.55. The Kier molecular flexibility index (Phi) is 7.28. The Morgan fingerprint density at radius 1 is 1.00 bits per heavy atom. The number of carbonyl (C=O) groups excluding carboxylic acids is 1. The van der Waals surface area contributed by atoms with Crippen LogP contribution in [0, 0.1) is 0 Å². The van der Waals surface area contributed by atoms with Crippen molar-refractivity contribution in [2.24, 2.45) is 0 Å². The van der Waals surface area contributed by atoms with E-state index in [1.165, 1.54) is 28.7 Å². The predicted octanol–water partition coefficient (Wildman–Crippen LogP) is 5.07. The average molecular weight is 427 g/mol. The summed E-state index contributed by atoms with van der Waals surface area (Å²) in [6.45, 7) is 7.50. The first-order valence-corrected chi connectivity index (χ1v) is 11.3. The highest BCUT2D eigenvalue weighted by atomic mass is 32.2. The first kappa shape index (κ1) is 21.3. The minimum atomic E-state index is -0.253. The molecular formula is C22H26N4OS2. The summed E-state index contributed by atoms with van der Waals surface area (Å²) in [5, 5.41) is 12.4. The maximum atomic E-state index is 12.9. The fourth-order valence-corrected chi connectivity index (χ4v) is 4.40. The van der Waals surface area contributed by atoms with E-state index in [-0.39, 0.29) is 11.4 Å². The molecule has 2 aromatic carbocycles. The summed E-state index contributed by atoms with van der Waals surface area (Å²) in [4.78, 5) is 14.9. The third-order valence-electron chi connectivity index (χ3n) is 4.31. The van der Waals surface area contributed by atoms with Crippen LogP contribution in [0.1, 0.15) is 31.9 Å². The van der Waals surface area contributed by atoms with Gasteiger partial charge >= 0.3 is 0 Å². The lowest BCUT2D eigenvalue weighted by atomic mass is 10.0. The van der Waals surface area contributed by atoms with Gasteiger partial charge < -0.3 is 10.2 Å². The van der Waals surface area contributed by atoms with Crippen LogP contribution in [-0.2, 0) is 17.9 Å². The topological polar surface area (TPSA) is 58.1 Å². The minimum Gasteiger partial charge on any atom is -0.356 e. The molecule has 1 N–H and O–H groups in total. The largest absolute Gasteiger partial charge is 0.356 e. The van der Waals surface area contributed by atoms with Gasteiger partial charge in [0.05, 0.1) is 5.75 Å². The van der Waals surface area contributed by atoms with Crippen LogP contribution in [0.25, 0.3) is 0 Å². The quantitative estimate of drug-likeness (QED) is 0.510. The van der Waals surface area contributed by atoms with Crippen LogP contribution in [0.15, 0.2) is 65.0 Å². The van der Waals surface area contributed by atoms with Crippen LogP contribution in [0.2, 0.25) is 0 Å².